The van der Waals surface area contributed by atoms with Gasteiger partial charge in [0.05, 0.1) is 25.5 Å². The SMILES string of the molecule is COc1ccc(OC)c(-c2nnc(SCC(=O)N3CCN(c4ccccc4)CC3)o2)c1. The summed E-state index contributed by atoms with van der Waals surface area (Å²) < 4.78 is 16.4. The van der Waals surface area contributed by atoms with Gasteiger partial charge >= 0.3 is 0 Å². The normalized spacial score (nSPS) is 13.9. The van der Waals surface area contributed by atoms with Crippen LogP contribution in [0.2, 0.25) is 0 Å². The van der Waals surface area contributed by atoms with Crippen molar-refractivity contribution in [3.63, 3.8) is 0 Å². The molecular formula is C22H24N4O4S. The molecule has 0 bridgehead atoms. The van der Waals surface area contributed by atoms with Gasteiger partial charge < -0.3 is 23.7 Å². The van der Waals surface area contributed by atoms with E-state index in [1.54, 1.807) is 32.4 Å². The topological polar surface area (TPSA) is 80.9 Å². The highest BCUT2D eigenvalue weighted by atomic mass is 32.2. The molecule has 31 heavy (non-hydrogen) atoms. The summed E-state index contributed by atoms with van der Waals surface area (Å²) in [5.41, 5.74) is 1.83. The Hall–Kier alpha value is -3.20. The zero-order valence-electron chi connectivity index (χ0n) is 17.5. The van der Waals surface area contributed by atoms with Crippen LogP contribution in [-0.2, 0) is 4.79 Å². The Balaban J connectivity index is 1.33. The number of ether oxygens (including phenoxy) is 2. The molecular weight excluding hydrogens is 416 g/mol. The van der Waals surface area contributed by atoms with Gasteiger partial charge in [0, 0.05) is 31.9 Å². The van der Waals surface area contributed by atoms with E-state index in [1.807, 2.05) is 23.1 Å². The molecule has 0 atom stereocenters. The number of anilines is 1. The van der Waals surface area contributed by atoms with Crippen LogP contribution in [0.3, 0.4) is 0 Å². The van der Waals surface area contributed by atoms with Crippen molar-refractivity contribution >= 4 is 23.4 Å². The largest absolute Gasteiger partial charge is 0.497 e. The smallest absolute Gasteiger partial charge is 0.277 e. The Morgan fingerprint density at radius 2 is 1.81 bits per heavy atom. The summed E-state index contributed by atoms with van der Waals surface area (Å²) in [7, 11) is 3.17. The summed E-state index contributed by atoms with van der Waals surface area (Å²) in [6, 6.07) is 15.6. The van der Waals surface area contributed by atoms with Crippen LogP contribution in [0.4, 0.5) is 5.69 Å². The molecule has 0 N–H and O–H groups in total. The van der Waals surface area contributed by atoms with Crippen molar-refractivity contribution in [2.24, 2.45) is 0 Å². The molecule has 0 radical (unpaired) electrons. The molecule has 9 heteroatoms. The minimum atomic E-state index is 0.0661. The van der Waals surface area contributed by atoms with Crippen LogP contribution in [0.1, 0.15) is 0 Å². The van der Waals surface area contributed by atoms with Crippen molar-refractivity contribution in [3.8, 4) is 23.0 Å². The highest BCUT2D eigenvalue weighted by Gasteiger charge is 2.22. The van der Waals surface area contributed by atoms with Gasteiger partial charge in [-0.05, 0) is 30.3 Å². The fraction of sp³-hybridized carbons (Fsp3) is 0.318. The lowest BCUT2D eigenvalue weighted by Gasteiger charge is -2.36. The summed E-state index contributed by atoms with van der Waals surface area (Å²) in [5.74, 6) is 1.90. The number of thioether (sulfide) groups is 1. The molecule has 1 saturated heterocycles. The number of nitrogens with zero attached hydrogens (tertiary/aromatic N) is 4. The summed E-state index contributed by atoms with van der Waals surface area (Å²) in [4.78, 5) is 16.8. The Morgan fingerprint density at radius 1 is 1.03 bits per heavy atom. The predicted octanol–water partition coefficient (Wildman–Crippen LogP) is 3.19. The van der Waals surface area contributed by atoms with Crippen molar-refractivity contribution in [1.82, 2.24) is 15.1 Å². The summed E-state index contributed by atoms with van der Waals surface area (Å²) in [6.07, 6.45) is 0. The number of benzene rings is 2. The maximum atomic E-state index is 12.6. The number of rotatable bonds is 7. The predicted molar refractivity (Wildman–Crippen MR) is 119 cm³/mol. The molecule has 0 unspecified atom stereocenters. The van der Waals surface area contributed by atoms with E-state index >= 15 is 0 Å². The third kappa shape index (κ3) is 4.93. The lowest BCUT2D eigenvalue weighted by atomic mass is 10.2. The highest BCUT2D eigenvalue weighted by molar-refractivity contribution is 7.99. The fourth-order valence-corrected chi connectivity index (χ4v) is 4.09. The first-order chi connectivity index (χ1) is 15.2. The Bertz CT molecular complexity index is 1020. The summed E-state index contributed by atoms with van der Waals surface area (Å²) >= 11 is 1.24. The van der Waals surface area contributed by atoms with Crippen LogP contribution in [0, 0.1) is 0 Å². The van der Waals surface area contributed by atoms with E-state index in [9.17, 15) is 4.79 Å². The molecule has 162 valence electrons. The number of hydrogen-bond acceptors (Lipinski definition) is 8. The molecule has 0 saturated carbocycles. The highest BCUT2D eigenvalue weighted by Crippen LogP contribution is 2.33. The Labute approximate surface area is 185 Å². The van der Waals surface area contributed by atoms with Gasteiger partial charge in [0.25, 0.3) is 11.1 Å². The van der Waals surface area contributed by atoms with Crippen LogP contribution in [0.5, 0.6) is 11.5 Å². The van der Waals surface area contributed by atoms with Crippen molar-refractivity contribution in [2.45, 2.75) is 5.22 Å². The van der Waals surface area contributed by atoms with Gasteiger partial charge in [0.15, 0.2) is 0 Å². The number of para-hydroxylation sites is 1. The molecule has 0 spiro atoms. The molecule has 3 aromatic rings. The van der Waals surface area contributed by atoms with Gasteiger partial charge in [-0.2, -0.15) is 0 Å². The number of aromatic nitrogens is 2. The second kappa shape index (κ2) is 9.74. The van der Waals surface area contributed by atoms with Crippen molar-refractivity contribution in [3.05, 3.63) is 48.5 Å². The van der Waals surface area contributed by atoms with Gasteiger partial charge in [-0.1, -0.05) is 30.0 Å². The minimum absolute atomic E-state index is 0.0661. The average Bonchev–Trinajstić information content (AvgIpc) is 3.31. The zero-order chi connectivity index (χ0) is 21.6. The van der Waals surface area contributed by atoms with Gasteiger partial charge in [-0.25, -0.2) is 0 Å². The van der Waals surface area contributed by atoms with Crippen molar-refractivity contribution in [2.75, 3.05) is 51.1 Å². The Kier molecular flexibility index (Phi) is 6.61. The molecule has 1 aliphatic rings. The van der Waals surface area contributed by atoms with Crippen LogP contribution < -0.4 is 14.4 Å². The third-order valence-corrected chi connectivity index (χ3v) is 5.92. The van der Waals surface area contributed by atoms with Gasteiger partial charge in [0.2, 0.25) is 5.91 Å². The van der Waals surface area contributed by atoms with E-state index in [1.165, 1.54) is 17.4 Å². The van der Waals surface area contributed by atoms with Crippen molar-refractivity contribution < 1.29 is 18.7 Å². The second-order valence-electron chi connectivity index (χ2n) is 6.93. The van der Waals surface area contributed by atoms with Gasteiger partial charge in [0.1, 0.15) is 11.5 Å². The lowest BCUT2D eigenvalue weighted by molar-refractivity contribution is -0.128. The van der Waals surface area contributed by atoms with E-state index in [0.717, 1.165) is 13.1 Å². The van der Waals surface area contributed by atoms with Crippen LogP contribution in [0.25, 0.3) is 11.5 Å². The summed E-state index contributed by atoms with van der Waals surface area (Å²) in [5, 5.41) is 8.51. The first-order valence-corrected chi connectivity index (χ1v) is 10.9. The number of hydrogen-bond donors (Lipinski definition) is 0. The van der Waals surface area contributed by atoms with Gasteiger partial charge in [-0.3, -0.25) is 4.79 Å². The number of methoxy groups -OCH3 is 2. The lowest BCUT2D eigenvalue weighted by Crippen LogP contribution is -2.49. The molecule has 0 aliphatic carbocycles. The van der Waals surface area contributed by atoms with Crippen LogP contribution in [-0.4, -0.2) is 67.2 Å². The monoisotopic (exact) mass is 440 g/mol. The van der Waals surface area contributed by atoms with Crippen molar-refractivity contribution in [1.29, 1.82) is 0 Å². The minimum Gasteiger partial charge on any atom is -0.497 e. The fourth-order valence-electron chi connectivity index (χ4n) is 3.43. The maximum absolute atomic E-state index is 12.6. The van der Waals surface area contributed by atoms with E-state index in [0.29, 0.717) is 41.3 Å². The molecule has 2 aromatic carbocycles. The van der Waals surface area contributed by atoms with E-state index < -0.39 is 0 Å². The molecule has 1 amide bonds. The molecule has 1 fully saturated rings. The first-order valence-electron chi connectivity index (χ1n) is 9.94. The zero-order valence-corrected chi connectivity index (χ0v) is 18.3. The maximum Gasteiger partial charge on any atom is 0.277 e. The molecule has 1 aromatic heterocycles. The number of piperazine rings is 1. The average molecular weight is 441 g/mol. The standard InChI is InChI=1S/C22H24N4O4S/c1-28-17-8-9-19(29-2)18(14-17)21-23-24-22(30-21)31-15-20(27)26-12-10-25(11-13-26)16-6-4-3-5-7-16/h3-9,14H,10-13,15H2,1-2H3. The van der Waals surface area contributed by atoms with Crippen LogP contribution in [0.15, 0.2) is 58.2 Å². The first kappa shape index (κ1) is 21.0. The van der Waals surface area contributed by atoms with E-state index in [2.05, 4.69) is 27.2 Å². The molecule has 4 rings (SSSR count). The number of amides is 1. The van der Waals surface area contributed by atoms with E-state index in [-0.39, 0.29) is 11.7 Å². The van der Waals surface area contributed by atoms with Gasteiger partial charge in [-0.15, -0.1) is 10.2 Å². The van der Waals surface area contributed by atoms with E-state index in [4.69, 9.17) is 13.9 Å². The second-order valence-corrected chi connectivity index (χ2v) is 7.86. The summed E-state index contributed by atoms with van der Waals surface area (Å²) in [6.45, 7) is 3.04. The molecule has 1 aliphatic heterocycles. The Morgan fingerprint density at radius 3 is 2.52 bits per heavy atom. The third-order valence-electron chi connectivity index (χ3n) is 5.12. The molecule has 2 heterocycles. The molecule has 8 nitrogen and oxygen atoms in total. The number of carbonyl (C=O) groups is 1. The number of carbonyl (C=O) groups excluding carboxylic acids is 1. The van der Waals surface area contributed by atoms with Crippen LogP contribution >= 0.6 is 11.8 Å². The quantitative estimate of drug-likeness (QED) is 0.518.